The van der Waals surface area contributed by atoms with Crippen molar-refractivity contribution < 1.29 is 14.3 Å². The van der Waals surface area contributed by atoms with Crippen molar-refractivity contribution in [3.63, 3.8) is 0 Å². The van der Waals surface area contributed by atoms with Crippen molar-refractivity contribution >= 4 is 16.6 Å². The van der Waals surface area contributed by atoms with Crippen LogP contribution in [0.5, 0.6) is 5.75 Å². The minimum atomic E-state index is -0.534. The van der Waals surface area contributed by atoms with E-state index in [9.17, 15) is 10.1 Å². The minimum absolute atomic E-state index is 0.0106. The fourth-order valence-corrected chi connectivity index (χ4v) is 4.32. The van der Waals surface area contributed by atoms with Gasteiger partial charge in [0.2, 0.25) is 5.88 Å². The monoisotopic (exact) mass is 374 g/mol. The number of hydrogen-bond donors (Lipinski definition) is 1. The summed E-state index contributed by atoms with van der Waals surface area (Å²) in [4.78, 5) is 13.1. The van der Waals surface area contributed by atoms with E-state index < -0.39 is 5.92 Å². The maximum Gasteiger partial charge on any atom is 0.205 e. The molecule has 5 nitrogen and oxygen atoms in total. The number of Topliss-reactive ketones (excluding diaryl/α,β-unsaturated/α-hetero) is 1. The van der Waals surface area contributed by atoms with Crippen LogP contribution in [0, 0.1) is 16.7 Å². The molecule has 1 heterocycles. The zero-order chi connectivity index (χ0) is 20.1. The van der Waals surface area contributed by atoms with Crippen molar-refractivity contribution in [3.05, 3.63) is 64.8 Å². The van der Waals surface area contributed by atoms with Gasteiger partial charge in [0, 0.05) is 23.8 Å². The molecule has 0 aromatic heterocycles. The smallest absolute Gasteiger partial charge is 0.205 e. The van der Waals surface area contributed by atoms with Crippen molar-refractivity contribution in [1.82, 2.24) is 0 Å². The molecule has 1 atom stereocenters. The highest BCUT2D eigenvalue weighted by Gasteiger charge is 2.43. The summed E-state index contributed by atoms with van der Waals surface area (Å²) < 4.78 is 11.3. The second-order valence-electron chi connectivity index (χ2n) is 8.11. The van der Waals surface area contributed by atoms with Crippen molar-refractivity contribution in [2.24, 2.45) is 11.1 Å². The lowest BCUT2D eigenvalue weighted by Gasteiger charge is -2.37. The first kappa shape index (κ1) is 18.1. The fourth-order valence-electron chi connectivity index (χ4n) is 4.32. The van der Waals surface area contributed by atoms with E-state index in [2.05, 4.69) is 6.07 Å². The highest BCUT2D eigenvalue weighted by molar-refractivity contribution is 6.02. The van der Waals surface area contributed by atoms with Gasteiger partial charge in [0.15, 0.2) is 5.78 Å². The minimum Gasteiger partial charge on any atom is -0.496 e. The number of carbonyl (C=O) groups excluding carboxylic acids is 1. The first-order valence-electron chi connectivity index (χ1n) is 9.26. The number of ether oxygens (including phenoxy) is 2. The Morgan fingerprint density at radius 1 is 1.18 bits per heavy atom. The summed E-state index contributed by atoms with van der Waals surface area (Å²) in [6.07, 6.45) is 1.02. The van der Waals surface area contributed by atoms with Gasteiger partial charge in [0.1, 0.15) is 23.2 Å². The summed E-state index contributed by atoms with van der Waals surface area (Å²) in [6, 6.07) is 13.8. The van der Waals surface area contributed by atoms with Gasteiger partial charge in [-0.2, -0.15) is 5.26 Å². The average molecular weight is 374 g/mol. The third kappa shape index (κ3) is 2.73. The van der Waals surface area contributed by atoms with Crippen molar-refractivity contribution in [2.45, 2.75) is 32.6 Å². The Hall–Kier alpha value is -3.26. The quantitative estimate of drug-likeness (QED) is 0.847. The molecular weight excluding hydrogens is 352 g/mol. The summed E-state index contributed by atoms with van der Waals surface area (Å²) in [5.74, 6) is 0.885. The Balaban J connectivity index is 2.00. The highest BCUT2D eigenvalue weighted by Crippen LogP contribution is 2.49. The van der Waals surface area contributed by atoms with Crippen LogP contribution in [0.3, 0.4) is 0 Å². The molecule has 1 aliphatic heterocycles. The van der Waals surface area contributed by atoms with Gasteiger partial charge in [-0.15, -0.1) is 0 Å². The van der Waals surface area contributed by atoms with Crippen LogP contribution in [0.25, 0.3) is 10.8 Å². The van der Waals surface area contributed by atoms with Crippen LogP contribution in [0.15, 0.2) is 59.2 Å². The van der Waals surface area contributed by atoms with Crippen LogP contribution < -0.4 is 10.5 Å². The van der Waals surface area contributed by atoms with Crippen molar-refractivity contribution in [3.8, 4) is 11.8 Å². The van der Waals surface area contributed by atoms with Crippen LogP contribution in [-0.2, 0) is 9.53 Å². The van der Waals surface area contributed by atoms with Crippen LogP contribution in [0.2, 0.25) is 0 Å². The Bertz CT molecular complexity index is 1100. The van der Waals surface area contributed by atoms with Gasteiger partial charge in [-0.3, -0.25) is 4.79 Å². The summed E-state index contributed by atoms with van der Waals surface area (Å²) in [6.45, 7) is 4.07. The van der Waals surface area contributed by atoms with Gasteiger partial charge in [0.05, 0.1) is 13.0 Å². The van der Waals surface area contributed by atoms with E-state index in [1.54, 1.807) is 7.11 Å². The first-order valence-corrected chi connectivity index (χ1v) is 9.26. The number of fused-ring (bicyclic) bond motifs is 1. The van der Waals surface area contributed by atoms with Crippen LogP contribution in [0.1, 0.15) is 38.2 Å². The van der Waals surface area contributed by atoms with Gasteiger partial charge >= 0.3 is 0 Å². The van der Waals surface area contributed by atoms with Crippen molar-refractivity contribution in [1.29, 1.82) is 5.26 Å². The molecule has 0 saturated heterocycles. The molecule has 5 heteroatoms. The molecule has 0 bridgehead atoms. The van der Waals surface area contributed by atoms with E-state index in [0.717, 1.165) is 22.1 Å². The standard InChI is InChI=1S/C23H22N2O3/c1-23(2)10-17(26)21-19(11-23)28-22(25)16(12-24)20(21)15-8-9-18(27-3)14-7-5-4-6-13(14)15/h4-9,20H,10-11,25H2,1-3H3/t20-/m1/s1. The third-order valence-corrected chi connectivity index (χ3v) is 5.52. The highest BCUT2D eigenvalue weighted by atomic mass is 16.5. The molecule has 1 aliphatic carbocycles. The molecule has 0 unspecified atom stereocenters. The molecule has 4 rings (SSSR count). The topological polar surface area (TPSA) is 85.3 Å². The van der Waals surface area contributed by atoms with Gasteiger partial charge < -0.3 is 15.2 Å². The van der Waals surface area contributed by atoms with Gasteiger partial charge in [-0.05, 0) is 22.4 Å². The second kappa shape index (κ2) is 6.42. The Morgan fingerprint density at radius 2 is 1.89 bits per heavy atom. The van der Waals surface area contributed by atoms with Crippen LogP contribution in [0.4, 0.5) is 0 Å². The summed E-state index contributed by atoms with van der Waals surface area (Å²) in [5, 5.41) is 11.7. The third-order valence-electron chi connectivity index (χ3n) is 5.52. The maximum absolute atomic E-state index is 13.1. The van der Waals surface area contributed by atoms with E-state index in [0.29, 0.717) is 24.2 Å². The Labute approximate surface area is 164 Å². The molecule has 2 N–H and O–H groups in total. The van der Waals surface area contributed by atoms with Crippen LogP contribution >= 0.6 is 0 Å². The first-order chi connectivity index (χ1) is 13.4. The Kier molecular flexibility index (Phi) is 4.15. The zero-order valence-corrected chi connectivity index (χ0v) is 16.2. The van der Waals surface area contributed by atoms with Gasteiger partial charge in [0.25, 0.3) is 0 Å². The molecule has 0 amide bonds. The largest absolute Gasteiger partial charge is 0.496 e. The summed E-state index contributed by atoms with van der Waals surface area (Å²) in [7, 11) is 1.63. The SMILES string of the molecule is COc1ccc([C@@H]2C(C#N)=C(N)OC3=C2C(=O)CC(C)(C)C3)c2ccccc12. The molecule has 0 radical (unpaired) electrons. The fraction of sp³-hybridized carbons (Fsp3) is 0.304. The normalized spacial score (nSPS) is 21.2. The zero-order valence-electron chi connectivity index (χ0n) is 16.2. The van der Waals surface area contributed by atoms with E-state index >= 15 is 0 Å². The molecule has 2 aromatic rings. The number of nitrogens with zero attached hydrogens (tertiary/aromatic N) is 1. The number of hydrogen-bond acceptors (Lipinski definition) is 5. The lowest BCUT2D eigenvalue weighted by Crippen LogP contribution is -2.33. The summed E-state index contributed by atoms with van der Waals surface area (Å²) in [5.41, 5.74) is 7.62. The van der Waals surface area contributed by atoms with E-state index in [4.69, 9.17) is 15.2 Å². The van der Waals surface area contributed by atoms with Crippen LogP contribution in [-0.4, -0.2) is 12.9 Å². The van der Waals surface area contributed by atoms with Crippen molar-refractivity contribution in [2.75, 3.05) is 7.11 Å². The number of allylic oxidation sites excluding steroid dienone is 3. The molecule has 2 aliphatic rings. The number of nitrogens with two attached hydrogens (primary N) is 1. The number of methoxy groups -OCH3 is 1. The second-order valence-corrected chi connectivity index (χ2v) is 8.11. The molecule has 0 spiro atoms. The van der Waals surface area contributed by atoms with E-state index in [-0.39, 0.29) is 22.7 Å². The average Bonchev–Trinajstić information content (AvgIpc) is 2.65. The predicted octanol–water partition coefficient (Wildman–Crippen LogP) is 4.30. The lowest BCUT2D eigenvalue weighted by molar-refractivity contribution is -0.119. The Morgan fingerprint density at radius 3 is 2.57 bits per heavy atom. The molecule has 0 saturated carbocycles. The van der Waals surface area contributed by atoms with Gasteiger partial charge in [-0.25, -0.2) is 0 Å². The number of carbonyl (C=O) groups is 1. The summed E-state index contributed by atoms with van der Waals surface area (Å²) >= 11 is 0. The van der Waals surface area contributed by atoms with E-state index in [1.807, 2.05) is 50.2 Å². The van der Waals surface area contributed by atoms with E-state index in [1.165, 1.54) is 0 Å². The molecule has 28 heavy (non-hydrogen) atoms. The number of benzene rings is 2. The molecular formula is C23H22N2O3. The number of nitriles is 1. The number of ketones is 1. The predicted molar refractivity (Wildman–Crippen MR) is 106 cm³/mol. The maximum atomic E-state index is 13.1. The number of rotatable bonds is 2. The molecule has 142 valence electrons. The molecule has 2 aromatic carbocycles. The molecule has 0 fully saturated rings. The van der Waals surface area contributed by atoms with Gasteiger partial charge in [-0.1, -0.05) is 44.2 Å². The lowest BCUT2D eigenvalue weighted by atomic mass is 9.70.